The maximum absolute atomic E-state index is 5.63. The highest BCUT2D eigenvalue weighted by molar-refractivity contribution is 9.10. The number of hydrogen-bond acceptors (Lipinski definition) is 3. The van der Waals surface area contributed by atoms with Crippen LogP contribution in [0.1, 0.15) is 30.4 Å². The maximum atomic E-state index is 5.63. The molecule has 1 saturated carbocycles. The van der Waals surface area contributed by atoms with Gasteiger partial charge in [0.1, 0.15) is 0 Å². The Kier molecular flexibility index (Phi) is 6.31. The average molecular weight is 328 g/mol. The highest BCUT2D eigenvalue weighted by atomic mass is 79.9. The molecule has 1 aliphatic carbocycles. The molecular weight excluding hydrogens is 306 g/mol. The van der Waals surface area contributed by atoms with E-state index in [9.17, 15) is 0 Å². The minimum atomic E-state index is 0.653. The molecule has 1 aliphatic rings. The van der Waals surface area contributed by atoms with Crippen LogP contribution in [0.2, 0.25) is 0 Å². The van der Waals surface area contributed by atoms with Crippen LogP contribution in [0, 0.1) is 0 Å². The molecule has 0 saturated heterocycles. The van der Waals surface area contributed by atoms with Crippen molar-refractivity contribution in [3.05, 3.63) is 33.8 Å². The van der Waals surface area contributed by atoms with Gasteiger partial charge in [-0.3, -0.25) is 0 Å². The summed E-state index contributed by atoms with van der Waals surface area (Å²) in [4.78, 5) is 0. The lowest BCUT2D eigenvalue weighted by Crippen LogP contribution is -2.15. The molecule has 0 heterocycles. The lowest BCUT2D eigenvalue weighted by Gasteiger charge is -2.09. The Hall–Kier alpha value is -0.420. The second-order valence-electron chi connectivity index (χ2n) is 4.98. The summed E-state index contributed by atoms with van der Waals surface area (Å²) in [6.45, 7) is 3.11. The molecule has 4 heteroatoms. The van der Waals surface area contributed by atoms with E-state index in [1.807, 2.05) is 0 Å². The average Bonchev–Trinajstić information content (AvgIpc) is 3.22. The van der Waals surface area contributed by atoms with Crippen molar-refractivity contribution in [3.63, 3.8) is 0 Å². The zero-order valence-corrected chi connectivity index (χ0v) is 13.0. The van der Waals surface area contributed by atoms with Crippen LogP contribution in [0.3, 0.4) is 0 Å². The van der Waals surface area contributed by atoms with E-state index in [1.54, 1.807) is 7.11 Å². The minimum absolute atomic E-state index is 0.653. The van der Waals surface area contributed by atoms with Gasteiger partial charge in [-0.1, -0.05) is 28.1 Å². The first-order valence-corrected chi connectivity index (χ1v) is 7.66. The van der Waals surface area contributed by atoms with Crippen molar-refractivity contribution >= 4 is 15.9 Å². The SMILES string of the molecule is COCCCOCc1ccc(CNC2CC2)cc1Br. The predicted octanol–water partition coefficient (Wildman–Crippen LogP) is 3.25. The molecule has 0 atom stereocenters. The van der Waals surface area contributed by atoms with Crippen molar-refractivity contribution in [2.24, 2.45) is 0 Å². The van der Waals surface area contributed by atoms with Gasteiger partial charge in [0.25, 0.3) is 0 Å². The molecule has 1 aromatic carbocycles. The molecule has 1 fully saturated rings. The molecule has 106 valence electrons. The Bertz CT molecular complexity index is 394. The third-order valence-electron chi connectivity index (χ3n) is 3.18. The fraction of sp³-hybridized carbons (Fsp3) is 0.600. The number of rotatable bonds is 9. The third-order valence-corrected chi connectivity index (χ3v) is 3.92. The van der Waals surface area contributed by atoms with Gasteiger partial charge >= 0.3 is 0 Å². The molecule has 0 amide bonds. The van der Waals surface area contributed by atoms with Crippen molar-refractivity contribution in [2.45, 2.75) is 38.5 Å². The van der Waals surface area contributed by atoms with E-state index in [-0.39, 0.29) is 0 Å². The zero-order chi connectivity index (χ0) is 13.5. The number of nitrogens with one attached hydrogen (secondary N) is 1. The Balaban J connectivity index is 1.73. The normalized spacial score (nSPS) is 14.8. The fourth-order valence-corrected chi connectivity index (χ4v) is 2.40. The Morgan fingerprint density at radius 2 is 2.16 bits per heavy atom. The number of ether oxygens (including phenoxy) is 2. The van der Waals surface area contributed by atoms with Gasteiger partial charge in [0.05, 0.1) is 6.61 Å². The van der Waals surface area contributed by atoms with Crippen LogP contribution in [0.4, 0.5) is 0 Å². The second kappa shape index (κ2) is 8.00. The molecule has 1 aromatic rings. The highest BCUT2D eigenvalue weighted by Gasteiger charge is 2.19. The molecule has 2 rings (SSSR count). The summed E-state index contributed by atoms with van der Waals surface area (Å²) < 4.78 is 11.7. The second-order valence-corrected chi connectivity index (χ2v) is 5.83. The van der Waals surface area contributed by atoms with Gasteiger partial charge in [0.2, 0.25) is 0 Å². The Labute approximate surface area is 123 Å². The molecule has 0 radical (unpaired) electrons. The van der Waals surface area contributed by atoms with Crippen molar-refractivity contribution in [1.82, 2.24) is 5.32 Å². The van der Waals surface area contributed by atoms with Crippen LogP contribution >= 0.6 is 15.9 Å². The lowest BCUT2D eigenvalue weighted by molar-refractivity contribution is 0.0925. The first-order valence-electron chi connectivity index (χ1n) is 6.87. The van der Waals surface area contributed by atoms with E-state index in [0.29, 0.717) is 6.61 Å². The molecule has 0 bridgehead atoms. The lowest BCUT2D eigenvalue weighted by atomic mass is 10.1. The molecule has 0 aromatic heterocycles. The first kappa shape index (κ1) is 15.0. The van der Waals surface area contributed by atoms with Gasteiger partial charge < -0.3 is 14.8 Å². The smallest absolute Gasteiger partial charge is 0.0727 e. The number of hydrogen-bond donors (Lipinski definition) is 1. The fourth-order valence-electron chi connectivity index (χ4n) is 1.85. The zero-order valence-electron chi connectivity index (χ0n) is 11.5. The summed E-state index contributed by atoms with van der Waals surface area (Å²) >= 11 is 3.62. The van der Waals surface area contributed by atoms with Gasteiger partial charge in [-0.25, -0.2) is 0 Å². The molecule has 19 heavy (non-hydrogen) atoms. The highest BCUT2D eigenvalue weighted by Crippen LogP contribution is 2.22. The van der Waals surface area contributed by atoms with Crippen LogP contribution in [0.25, 0.3) is 0 Å². The minimum Gasteiger partial charge on any atom is -0.385 e. The third kappa shape index (κ3) is 5.61. The molecule has 1 N–H and O–H groups in total. The van der Waals surface area contributed by atoms with Gasteiger partial charge in [0, 0.05) is 37.4 Å². The quantitative estimate of drug-likeness (QED) is 0.706. The molecule has 0 aliphatic heterocycles. The number of halogens is 1. The maximum Gasteiger partial charge on any atom is 0.0727 e. The van der Waals surface area contributed by atoms with Crippen molar-refractivity contribution in [1.29, 1.82) is 0 Å². The summed E-state index contributed by atoms with van der Waals surface area (Å²) in [7, 11) is 1.71. The van der Waals surface area contributed by atoms with Crippen LogP contribution in [0.15, 0.2) is 22.7 Å². The summed E-state index contributed by atoms with van der Waals surface area (Å²) in [5.41, 5.74) is 2.52. The van der Waals surface area contributed by atoms with E-state index in [0.717, 1.165) is 36.7 Å². The summed E-state index contributed by atoms with van der Waals surface area (Å²) in [6.07, 6.45) is 3.60. The Morgan fingerprint density at radius 1 is 1.32 bits per heavy atom. The van der Waals surface area contributed by atoms with E-state index >= 15 is 0 Å². The summed E-state index contributed by atoms with van der Waals surface area (Å²) in [6, 6.07) is 7.25. The number of methoxy groups -OCH3 is 1. The number of benzene rings is 1. The molecule has 0 spiro atoms. The molecule has 0 unspecified atom stereocenters. The van der Waals surface area contributed by atoms with Gasteiger partial charge in [0.15, 0.2) is 0 Å². The van der Waals surface area contributed by atoms with E-state index in [1.165, 1.54) is 24.0 Å². The van der Waals surface area contributed by atoms with Gasteiger partial charge in [-0.15, -0.1) is 0 Å². The molecular formula is C15H22BrNO2. The first-order chi connectivity index (χ1) is 9.29. The summed E-state index contributed by atoms with van der Waals surface area (Å²) in [5.74, 6) is 0. The monoisotopic (exact) mass is 327 g/mol. The van der Waals surface area contributed by atoms with Crippen LogP contribution in [-0.4, -0.2) is 26.4 Å². The Morgan fingerprint density at radius 3 is 2.84 bits per heavy atom. The van der Waals surface area contributed by atoms with Crippen LogP contribution < -0.4 is 5.32 Å². The largest absolute Gasteiger partial charge is 0.385 e. The van der Waals surface area contributed by atoms with Gasteiger partial charge in [-0.2, -0.15) is 0 Å². The van der Waals surface area contributed by atoms with Crippen LogP contribution in [0.5, 0.6) is 0 Å². The van der Waals surface area contributed by atoms with E-state index in [4.69, 9.17) is 9.47 Å². The van der Waals surface area contributed by atoms with E-state index in [2.05, 4.69) is 39.4 Å². The van der Waals surface area contributed by atoms with Crippen molar-refractivity contribution in [3.8, 4) is 0 Å². The molecule has 3 nitrogen and oxygen atoms in total. The van der Waals surface area contributed by atoms with E-state index < -0.39 is 0 Å². The van der Waals surface area contributed by atoms with Crippen molar-refractivity contribution in [2.75, 3.05) is 20.3 Å². The standard InChI is InChI=1S/C15H22BrNO2/c1-18-7-2-8-19-11-13-4-3-12(9-15(13)16)10-17-14-5-6-14/h3-4,9,14,17H,2,5-8,10-11H2,1H3. The summed E-state index contributed by atoms with van der Waals surface area (Å²) in [5, 5.41) is 3.52. The van der Waals surface area contributed by atoms with Crippen molar-refractivity contribution < 1.29 is 9.47 Å². The van der Waals surface area contributed by atoms with Crippen LogP contribution in [-0.2, 0) is 22.6 Å². The topological polar surface area (TPSA) is 30.5 Å². The predicted molar refractivity (Wildman–Crippen MR) is 80.2 cm³/mol. The van der Waals surface area contributed by atoms with Gasteiger partial charge in [-0.05, 0) is 36.5 Å².